The van der Waals surface area contributed by atoms with E-state index in [9.17, 15) is 0 Å². The third-order valence-electron chi connectivity index (χ3n) is 2.84. The van der Waals surface area contributed by atoms with Crippen LogP contribution in [0.1, 0.15) is 19.3 Å². The van der Waals surface area contributed by atoms with Crippen molar-refractivity contribution in [1.82, 2.24) is 15.3 Å². The fraction of sp³-hybridized carbons (Fsp3) is 0.636. The van der Waals surface area contributed by atoms with E-state index >= 15 is 0 Å². The lowest BCUT2D eigenvalue weighted by atomic mass is 9.95. The molecule has 0 spiro atoms. The van der Waals surface area contributed by atoms with Crippen LogP contribution < -0.4 is 10.1 Å². The molecule has 1 aromatic heterocycles. The van der Waals surface area contributed by atoms with Crippen molar-refractivity contribution in [3.05, 3.63) is 17.5 Å². The predicted molar refractivity (Wildman–Crippen MR) is 62.7 cm³/mol. The minimum Gasteiger partial charge on any atom is -0.478 e. The van der Waals surface area contributed by atoms with E-state index in [1.807, 2.05) is 0 Å². The topological polar surface area (TPSA) is 47.0 Å². The zero-order valence-electron chi connectivity index (χ0n) is 9.16. The highest BCUT2D eigenvalue weighted by molar-refractivity contribution is 6.29. The van der Waals surface area contributed by atoms with Crippen molar-refractivity contribution >= 4 is 11.6 Å². The summed E-state index contributed by atoms with van der Waals surface area (Å²) in [6, 6.07) is 1.64. The van der Waals surface area contributed by atoms with Crippen LogP contribution in [-0.4, -0.2) is 29.7 Å². The Balaban J connectivity index is 1.71. The van der Waals surface area contributed by atoms with E-state index in [-0.39, 0.29) is 0 Å². The zero-order valence-corrected chi connectivity index (χ0v) is 9.91. The van der Waals surface area contributed by atoms with Gasteiger partial charge in [-0.3, -0.25) is 0 Å². The maximum atomic E-state index is 5.73. The quantitative estimate of drug-likeness (QED) is 0.818. The second kappa shape index (κ2) is 6.01. The Hall–Kier alpha value is -0.870. The van der Waals surface area contributed by atoms with Crippen molar-refractivity contribution in [2.75, 3.05) is 19.7 Å². The fourth-order valence-corrected chi connectivity index (χ4v) is 2.03. The van der Waals surface area contributed by atoms with Gasteiger partial charge in [0.05, 0.1) is 6.61 Å². The van der Waals surface area contributed by atoms with Crippen LogP contribution in [0.25, 0.3) is 0 Å². The lowest BCUT2D eigenvalue weighted by Gasteiger charge is -2.22. The van der Waals surface area contributed by atoms with Crippen molar-refractivity contribution in [3.63, 3.8) is 0 Å². The first-order valence-electron chi connectivity index (χ1n) is 5.65. The molecule has 0 atom stereocenters. The molecule has 0 aliphatic carbocycles. The number of rotatable bonds is 4. The van der Waals surface area contributed by atoms with Crippen molar-refractivity contribution in [2.24, 2.45) is 5.92 Å². The molecule has 0 radical (unpaired) electrons. The summed E-state index contributed by atoms with van der Waals surface area (Å²) >= 11 is 5.73. The molecule has 0 bridgehead atoms. The van der Waals surface area contributed by atoms with E-state index < -0.39 is 0 Å². The molecule has 1 fully saturated rings. The van der Waals surface area contributed by atoms with Crippen molar-refractivity contribution < 1.29 is 4.74 Å². The first-order chi connectivity index (χ1) is 7.84. The molecular weight excluding hydrogens is 226 g/mol. The Morgan fingerprint density at radius 2 is 2.19 bits per heavy atom. The summed E-state index contributed by atoms with van der Waals surface area (Å²) in [5.74, 6) is 1.34. The molecule has 5 heteroatoms. The van der Waals surface area contributed by atoms with Gasteiger partial charge in [-0.15, -0.1) is 0 Å². The third kappa shape index (κ3) is 3.61. The lowest BCUT2D eigenvalue weighted by molar-refractivity contribution is 0.245. The highest BCUT2D eigenvalue weighted by Crippen LogP contribution is 2.17. The van der Waals surface area contributed by atoms with Gasteiger partial charge in [0.1, 0.15) is 11.5 Å². The number of hydrogen-bond acceptors (Lipinski definition) is 4. The zero-order chi connectivity index (χ0) is 11.2. The largest absolute Gasteiger partial charge is 0.478 e. The third-order valence-corrected chi connectivity index (χ3v) is 3.05. The molecule has 2 heterocycles. The van der Waals surface area contributed by atoms with Gasteiger partial charge in [0, 0.05) is 6.07 Å². The van der Waals surface area contributed by atoms with Gasteiger partial charge in [0.2, 0.25) is 5.88 Å². The molecule has 16 heavy (non-hydrogen) atoms. The minimum absolute atomic E-state index is 0.423. The standard InChI is InChI=1S/C11H16ClN3O/c12-10-7-11(15-8-14-10)16-6-3-9-1-4-13-5-2-9/h7-9,13H,1-6H2. The van der Waals surface area contributed by atoms with Crippen LogP contribution in [0.5, 0.6) is 5.88 Å². The summed E-state index contributed by atoms with van der Waals surface area (Å²) in [4.78, 5) is 7.80. The van der Waals surface area contributed by atoms with Gasteiger partial charge in [0.15, 0.2) is 0 Å². The van der Waals surface area contributed by atoms with Crippen molar-refractivity contribution in [3.8, 4) is 5.88 Å². The molecule has 0 amide bonds. The van der Waals surface area contributed by atoms with Crippen LogP contribution in [0.3, 0.4) is 0 Å². The molecule has 0 saturated carbocycles. The number of hydrogen-bond donors (Lipinski definition) is 1. The molecule has 1 saturated heterocycles. The molecule has 2 rings (SSSR count). The van der Waals surface area contributed by atoms with Crippen LogP contribution in [0.15, 0.2) is 12.4 Å². The maximum absolute atomic E-state index is 5.73. The molecule has 1 aromatic rings. The van der Waals surface area contributed by atoms with Crippen molar-refractivity contribution in [1.29, 1.82) is 0 Å². The highest BCUT2D eigenvalue weighted by Gasteiger charge is 2.12. The van der Waals surface area contributed by atoms with E-state index in [1.54, 1.807) is 6.07 Å². The average molecular weight is 242 g/mol. The SMILES string of the molecule is Clc1cc(OCCC2CCNCC2)ncn1. The molecule has 0 unspecified atom stereocenters. The van der Waals surface area contributed by atoms with Gasteiger partial charge in [-0.05, 0) is 38.3 Å². The Labute approximate surface area is 100 Å². The summed E-state index contributed by atoms with van der Waals surface area (Å²) in [6.07, 6.45) is 4.99. The summed E-state index contributed by atoms with van der Waals surface area (Å²) in [5.41, 5.74) is 0. The van der Waals surface area contributed by atoms with Crippen LogP contribution in [0, 0.1) is 5.92 Å². The van der Waals surface area contributed by atoms with Gasteiger partial charge in [0.25, 0.3) is 0 Å². The summed E-state index contributed by atoms with van der Waals surface area (Å²) in [5, 5.41) is 3.77. The van der Waals surface area contributed by atoms with Gasteiger partial charge in [-0.1, -0.05) is 11.6 Å². The van der Waals surface area contributed by atoms with E-state index in [0.29, 0.717) is 17.6 Å². The molecule has 0 aromatic carbocycles. The molecule has 1 aliphatic heterocycles. The van der Waals surface area contributed by atoms with E-state index in [4.69, 9.17) is 16.3 Å². The van der Waals surface area contributed by atoms with E-state index in [1.165, 1.54) is 19.2 Å². The first-order valence-corrected chi connectivity index (χ1v) is 6.03. The normalized spacial score (nSPS) is 17.3. The predicted octanol–water partition coefficient (Wildman–Crippen LogP) is 1.90. The van der Waals surface area contributed by atoms with Crippen molar-refractivity contribution in [2.45, 2.75) is 19.3 Å². The van der Waals surface area contributed by atoms with Crippen LogP contribution in [-0.2, 0) is 0 Å². The molecule has 1 aliphatic rings. The summed E-state index contributed by atoms with van der Waals surface area (Å²) in [6.45, 7) is 2.96. The summed E-state index contributed by atoms with van der Waals surface area (Å²) < 4.78 is 5.53. The smallest absolute Gasteiger partial charge is 0.217 e. The Morgan fingerprint density at radius 3 is 2.94 bits per heavy atom. The number of aromatic nitrogens is 2. The number of nitrogens with zero attached hydrogens (tertiary/aromatic N) is 2. The van der Waals surface area contributed by atoms with Crippen LogP contribution in [0.4, 0.5) is 0 Å². The molecular formula is C11H16ClN3O. The monoisotopic (exact) mass is 241 g/mol. The minimum atomic E-state index is 0.423. The Bertz CT molecular complexity index is 329. The number of ether oxygens (including phenoxy) is 1. The average Bonchev–Trinajstić information content (AvgIpc) is 2.30. The second-order valence-corrected chi connectivity index (χ2v) is 4.40. The molecule has 1 N–H and O–H groups in total. The molecule has 4 nitrogen and oxygen atoms in total. The van der Waals surface area contributed by atoms with Gasteiger partial charge in [-0.25, -0.2) is 9.97 Å². The lowest BCUT2D eigenvalue weighted by Crippen LogP contribution is -2.28. The Kier molecular flexibility index (Phi) is 4.36. The van der Waals surface area contributed by atoms with E-state index in [0.717, 1.165) is 25.4 Å². The first kappa shape index (κ1) is 11.6. The number of piperidine rings is 1. The highest BCUT2D eigenvalue weighted by atomic mass is 35.5. The summed E-state index contributed by atoms with van der Waals surface area (Å²) in [7, 11) is 0. The van der Waals surface area contributed by atoms with Gasteiger partial charge >= 0.3 is 0 Å². The van der Waals surface area contributed by atoms with Gasteiger partial charge in [-0.2, -0.15) is 0 Å². The number of nitrogens with one attached hydrogen (secondary N) is 1. The molecule has 88 valence electrons. The second-order valence-electron chi connectivity index (χ2n) is 4.01. The van der Waals surface area contributed by atoms with Crippen LogP contribution >= 0.6 is 11.6 Å². The van der Waals surface area contributed by atoms with E-state index in [2.05, 4.69) is 15.3 Å². The fourth-order valence-electron chi connectivity index (χ4n) is 1.90. The van der Waals surface area contributed by atoms with Crippen LogP contribution in [0.2, 0.25) is 5.15 Å². The van der Waals surface area contributed by atoms with Gasteiger partial charge < -0.3 is 10.1 Å². The Morgan fingerprint density at radius 1 is 1.38 bits per heavy atom. The number of halogens is 1. The maximum Gasteiger partial charge on any atom is 0.217 e.